The summed E-state index contributed by atoms with van der Waals surface area (Å²) < 4.78 is 24.2. The average Bonchev–Trinajstić information content (AvgIpc) is 2.42. The first-order chi connectivity index (χ1) is 8.76. The molecule has 1 aromatic rings. The van der Waals surface area contributed by atoms with Crippen molar-refractivity contribution in [3.8, 4) is 5.75 Å². The smallest absolute Gasteiger partial charge is 0.132 e. The summed E-state index contributed by atoms with van der Waals surface area (Å²) in [6, 6.07) is 4.38. The Morgan fingerprint density at radius 1 is 1.50 bits per heavy atom. The van der Waals surface area contributed by atoms with Crippen molar-refractivity contribution in [3.63, 3.8) is 0 Å². The van der Waals surface area contributed by atoms with E-state index in [1.54, 1.807) is 18.4 Å². The van der Waals surface area contributed by atoms with Gasteiger partial charge in [-0.2, -0.15) is 0 Å². The fourth-order valence-electron chi connectivity index (χ4n) is 2.06. The van der Waals surface area contributed by atoms with Crippen molar-refractivity contribution in [1.82, 2.24) is 5.43 Å². The van der Waals surface area contributed by atoms with Crippen LogP contribution in [-0.4, -0.2) is 13.7 Å². The maximum Gasteiger partial charge on any atom is 0.132 e. The Hall–Kier alpha value is -1.59. The zero-order valence-electron chi connectivity index (χ0n) is 10.3. The van der Waals surface area contributed by atoms with Crippen molar-refractivity contribution in [1.29, 1.82) is 0 Å². The molecule has 0 saturated carbocycles. The van der Waals surface area contributed by atoms with Gasteiger partial charge in [0, 0.05) is 11.6 Å². The van der Waals surface area contributed by atoms with Gasteiger partial charge in [-0.15, -0.1) is 0 Å². The number of methoxy groups -OCH3 is 1. The third kappa shape index (κ3) is 2.63. The van der Waals surface area contributed by atoms with E-state index >= 15 is 0 Å². The molecule has 1 aliphatic rings. The lowest BCUT2D eigenvalue weighted by Gasteiger charge is -2.23. The van der Waals surface area contributed by atoms with Gasteiger partial charge in [0.25, 0.3) is 0 Å². The van der Waals surface area contributed by atoms with Crippen molar-refractivity contribution in [3.05, 3.63) is 41.4 Å². The topological polar surface area (TPSA) is 56.5 Å². The number of nitrogens with one attached hydrogen (secondary N) is 1. The third-order valence-electron chi connectivity index (χ3n) is 3.02. The molecule has 18 heavy (non-hydrogen) atoms. The lowest BCUT2D eigenvalue weighted by molar-refractivity contribution is 0.219. The van der Waals surface area contributed by atoms with Gasteiger partial charge in [0.15, 0.2) is 0 Å². The molecule has 0 saturated heterocycles. The summed E-state index contributed by atoms with van der Waals surface area (Å²) in [6.07, 6.45) is 3.43. The SMILES string of the molecule is COc1ccc(C(NN)C2=COCCC2)c(F)c1. The molecule has 0 fully saturated rings. The molecule has 1 heterocycles. The molecule has 0 amide bonds. The number of hydrogen-bond acceptors (Lipinski definition) is 4. The first-order valence-electron chi connectivity index (χ1n) is 5.86. The fourth-order valence-corrected chi connectivity index (χ4v) is 2.06. The van der Waals surface area contributed by atoms with Crippen molar-refractivity contribution < 1.29 is 13.9 Å². The standard InChI is InChI=1S/C13H17FN2O2/c1-17-10-4-5-11(12(14)7-10)13(16-15)9-3-2-6-18-8-9/h4-5,7-8,13,16H,2-3,6,15H2,1H3. The Kier molecular flexibility index (Phi) is 4.17. The molecule has 0 aliphatic carbocycles. The highest BCUT2D eigenvalue weighted by atomic mass is 19.1. The first-order valence-corrected chi connectivity index (χ1v) is 5.86. The van der Waals surface area contributed by atoms with Gasteiger partial charge >= 0.3 is 0 Å². The van der Waals surface area contributed by atoms with Crippen LogP contribution in [0.2, 0.25) is 0 Å². The molecule has 1 aromatic carbocycles. The number of ether oxygens (including phenoxy) is 2. The summed E-state index contributed by atoms with van der Waals surface area (Å²) in [6.45, 7) is 0.700. The number of halogens is 1. The van der Waals surface area contributed by atoms with Gasteiger partial charge in [-0.25, -0.2) is 9.82 Å². The first kappa shape index (κ1) is 12.9. The molecular weight excluding hydrogens is 235 g/mol. The van der Waals surface area contributed by atoms with Crippen molar-refractivity contribution >= 4 is 0 Å². The lowest BCUT2D eigenvalue weighted by Crippen LogP contribution is -2.31. The normalized spacial score (nSPS) is 16.7. The molecule has 5 heteroatoms. The summed E-state index contributed by atoms with van der Waals surface area (Å²) in [7, 11) is 1.50. The Morgan fingerprint density at radius 3 is 2.89 bits per heavy atom. The van der Waals surface area contributed by atoms with Crippen LogP contribution in [0.4, 0.5) is 4.39 Å². The molecule has 98 valence electrons. The largest absolute Gasteiger partial charge is 0.501 e. The predicted octanol–water partition coefficient (Wildman–Crippen LogP) is 2.03. The molecule has 1 unspecified atom stereocenters. The maximum atomic E-state index is 14.0. The molecule has 0 spiro atoms. The van der Waals surface area contributed by atoms with Crippen LogP contribution in [0.1, 0.15) is 24.4 Å². The molecule has 1 aliphatic heterocycles. The summed E-state index contributed by atoms with van der Waals surface area (Å²) in [5.41, 5.74) is 4.08. The van der Waals surface area contributed by atoms with Crippen molar-refractivity contribution in [2.24, 2.45) is 5.84 Å². The van der Waals surface area contributed by atoms with Gasteiger partial charge in [0.05, 0.1) is 26.0 Å². The predicted molar refractivity (Wildman–Crippen MR) is 66.3 cm³/mol. The summed E-state index contributed by atoms with van der Waals surface area (Å²) in [5, 5.41) is 0. The van der Waals surface area contributed by atoms with Gasteiger partial charge in [0.1, 0.15) is 11.6 Å². The zero-order chi connectivity index (χ0) is 13.0. The highest BCUT2D eigenvalue weighted by molar-refractivity contribution is 5.34. The molecule has 2 rings (SSSR count). The van der Waals surface area contributed by atoms with Crippen LogP contribution in [0.3, 0.4) is 0 Å². The maximum absolute atomic E-state index is 14.0. The third-order valence-corrected chi connectivity index (χ3v) is 3.02. The monoisotopic (exact) mass is 252 g/mol. The number of hydrazine groups is 1. The molecule has 0 radical (unpaired) electrons. The van der Waals surface area contributed by atoms with Crippen LogP contribution in [0, 0.1) is 5.82 Å². The molecule has 0 bridgehead atoms. The van der Waals surface area contributed by atoms with Gasteiger partial charge < -0.3 is 9.47 Å². The number of rotatable bonds is 4. The number of nitrogens with two attached hydrogens (primary N) is 1. The summed E-state index contributed by atoms with van der Waals surface area (Å²) in [4.78, 5) is 0. The average molecular weight is 252 g/mol. The van der Waals surface area contributed by atoms with Crippen molar-refractivity contribution in [2.75, 3.05) is 13.7 Å². The molecular formula is C13H17FN2O2. The Labute approximate surface area is 106 Å². The molecule has 1 atom stereocenters. The van der Waals surface area contributed by atoms with Gasteiger partial charge in [-0.05, 0) is 24.5 Å². The highest BCUT2D eigenvalue weighted by Gasteiger charge is 2.21. The van der Waals surface area contributed by atoms with E-state index in [0.29, 0.717) is 17.9 Å². The van der Waals surface area contributed by atoms with Crippen LogP contribution < -0.4 is 16.0 Å². The number of benzene rings is 1. The summed E-state index contributed by atoms with van der Waals surface area (Å²) >= 11 is 0. The van der Waals surface area contributed by atoms with E-state index in [-0.39, 0.29) is 11.9 Å². The van der Waals surface area contributed by atoms with Crippen molar-refractivity contribution in [2.45, 2.75) is 18.9 Å². The number of hydrogen-bond donors (Lipinski definition) is 2. The second-order valence-electron chi connectivity index (χ2n) is 4.15. The minimum atomic E-state index is -0.365. The van der Waals surface area contributed by atoms with Crippen LogP contribution in [0.5, 0.6) is 5.75 Å². The lowest BCUT2D eigenvalue weighted by atomic mass is 9.95. The highest BCUT2D eigenvalue weighted by Crippen LogP contribution is 2.30. The second-order valence-corrected chi connectivity index (χ2v) is 4.15. The van der Waals surface area contributed by atoms with E-state index in [2.05, 4.69) is 5.43 Å². The van der Waals surface area contributed by atoms with Gasteiger partial charge in [-0.3, -0.25) is 5.84 Å². The Bertz CT molecular complexity index is 449. The van der Waals surface area contributed by atoms with Gasteiger partial charge in [0.2, 0.25) is 0 Å². The van der Waals surface area contributed by atoms with E-state index in [1.165, 1.54) is 13.2 Å². The van der Waals surface area contributed by atoms with Gasteiger partial charge in [-0.1, -0.05) is 6.07 Å². The zero-order valence-corrected chi connectivity index (χ0v) is 10.3. The van der Waals surface area contributed by atoms with E-state index < -0.39 is 0 Å². The summed E-state index contributed by atoms with van der Waals surface area (Å²) in [5.74, 6) is 5.67. The van der Waals surface area contributed by atoms with Crippen LogP contribution in [0.15, 0.2) is 30.0 Å². The van der Waals surface area contributed by atoms with E-state index in [1.807, 2.05) is 0 Å². The molecule has 3 N–H and O–H groups in total. The minimum Gasteiger partial charge on any atom is -0.501 e. The Morgan fingerprint density at radius 2 is 2.33 bits per heavy atom. The van der Waals surface area contributed by atoms with E-state index in [0.717, 1.165) is 18.4 Å². The molecule has 4 nitrogen and oxygen atoms in total. The van der Waals surface area contributed by atoms with E-state index in [4.69, 9.17) is 15.3 Å². The second kappa shape index (κ2) is 5.84. The van der Waals surface area contributed by atoms with E-state index in [9.17, 15) is 4.39 Å². The molecule has 0 aromatic heterocycles. The minimum absolute atomic E-state index is 0.344. The Balaban J connectivity index is 2.29. The van der Waals surface area contributed by atoms with Crippen LogP contribution >= 0.6 is 0 Å². The van der Waals surface area contributed by atoms with Crippen LogP contribution in [0.25, 0.3) is 0 Å². The fraction of sp³-hybridized carbons (Fsp3) is 0.385. The quantitative estimate of drug-likeness (QED) is 0.636. The van der Waals surface area contributed by atoms with Crippen LogP contribution in [-0.2, 0) is 4.74 Å².